The van der Waals surface area contributed by atoms with Gasteiger partial charge in [0.15, 0.2) is 0 Å². The number of aromatic hydroxyl groups is 1. The zero-order chi connectivity index (χ0) is 57.3. The first-order valence-electron chi connectivity index (χ1n) is 31.7. The maximum Gasteiger partial charge on any atom is 0.334 e. The van der Waals surface area contributed by atoms with Crippen LogP contribution < -0.4 is 10.1 Å². The summed E-state index contributed by atoms with van der Waals surface area (Å²) in [6.07, 6.45) is 10.3. The van der Waals surface area contributed by atoms with Crippen molar-refractivity contribution < 1.29 is 59.2 Å². The first-order valence-corrected chi connectivity index (χ1v) is 31.7. The minimum atomic E-state index is -1.64. The maximum atomic E-state index is 16.0. The van der Waals surface area contributed by atoms with Crippen molar-refractivity contribution in [3.8, 4) is 35.2 Å². The Hall–Kier alpha value is -5.51. The van der Waals surface area contributed by atoms with E-state index in [0.29, 0.717) is 70.9 Å². The molecule has 12 aliphatic rings. The van der Waals surface area contributed by atoms with E-state index in [4.69, 9.17) is 14.2 Å². The number of nitrogens with one attached hydrogen (secondary N) is 1. The first kappa shape index (κ1) is 56.6. The van der Waals surface area contributed by atoms with Crippen LogP contribution in [0.25, 0.3) is 0 Å². The highest BCUT2D eigenvalue weighted by atomic mass is 16.6. The van der Waals surface area contributed by atoms with Crippen molar-refractivity contribution in [3.63, 3.8) is 0 Å². The lowest BCUT2D eigenvalue weighted by Gasteiger charge is -2.59. The van der Waals surface area contributed by atoms with E-state index in [1.165, 1.54) is 0 Å². The molecule has 15 rings (SSSR count). The molecule has 1 saturated heterocycles. The van der Waals surface area contributed by atoms with Gasteiger partial charge in [-0.1, -0.05) is 92.5 Å². The molecule has 0 aromatic heterocycles. The van der Waals surface area contributed by atoms with Crippen molar-refractivity contribution >= 4 is 23.4 Å². The molecule has 3 aromatic carbocycles. The van der Waals surface area contributed by atoms with E-state index >= 15 is 4.79 Å². The normalized spacial score (nSPS) is 38.2. The number of phenols is 1. The molecule has 7 N–H and O–H groups in total. The Kier molecular flexibility index (Phi) is 15.7. The second-order valence-corrected chi connectivity index (χ2v) is 27.2. The molecular weight excluding hydrogens is 1050 g/mol. The van der Waals surface area contributed by atoms with Gasteiger partial charge in [-0.05, 0) is 172 Å². The minimum Gasteiger partial charge on any atom is -0.507 e. The molecule has 17 unspecified atom stereocenters. The highest BCUT2D eigenvalue weighted by Gasteiger charge is 2.62. The summed E-state index contributed by atoms with van der Waals surface area (Å²) in [6.45, 7) is 1.52. The van der Waals surface area contributed by atoms with Crippen LogP contribution in [0, 0.1) is 65.1 Å². The number of aliphatic hydroxyl groups is 5. The number of ether oxygens (including phenoxy) is 3. The van der Waals surface area contributed by atoms with Crippen LogP contribution in [0.4, 0.5) is 5.69 Å². The van der Waals surface area contributed by atoms with Gasteiger partial charge in [-0.25, -0.2) is 4.79 Å². The van der Waals surface area contributed by atoms with Crippen LogP contribution in [0.2, 0.25) is 0 Å². The summed E-state index contributed by atoms with van der Waals surface area (Å²) in [6, 6.07) is 15.4. The molecule has 13 nitrogen and oxygen atoms in total. The lowest BCUT2D eigenvalue weighted by molar-refractivity contribution is -0.228. The minimum absolute atomic E-state index is 0.0219. The Labute approximate surface area is 488 Å². The Morgan fingerprint density at radius 3 is 2.33 bits per heavy atom. The largest absolute Gasteiger partial charge is 0.507 e. The summed E-state index contributed by atoms with van der Waals surface area (Å²) >= 11 is 0. The number of ketones is 1. The molecule has 17 atom stereocenters. The van der Waals surface area contributed by atoms with E-state index in [1.807, 2.05) is 42.5 Å². The van der Waals surface area contributed by atoms with Crippen LogP contribution in [-0.2, 0) is 43.1 Å². The van der Waals surface area contributed by atoms with Crippen molar-refractivity contribution in [1.29, 1.82) is 0 Å². The van der Waals surface area contributed by atoms with Gasteiger partial charge in [0.05, 0.1) is 36.8 Å². The number of hydrogen-bond acceptors (Lipinski definition) is 13. The van der Waals surface area contributed by atoms with Gasteiger partial charge in [0.25, 0.3) is 0 Å². The molecule has 16 bridgehead atoms. The first-order chi connectivity index (χ1) is 40.1. The van der Waals surface area contributed by atoms with Gasteiger partial charge in [0.1, 0.15) is 40.7 Å². The average Bonchev–Trinajstić information content (AvgIpc) is 1.77. The second kappa shape index (κ2) is 23.1. The van der Waals surface area contributed by atoms with E-state index < -0.39 is 71.4 Å². The number of benzene rings is 3. The van der Waals surface area contributed by atoms with Crippen LogP contribution in [0.3, 0.4) is 0 Å². The molecule has 5 saturated carbocycles. The average molecular weight is 1130 g/mol. The summed E-state index contributed by atoms with van der Waals surface area (Å²) in [7, 11) is 0. The topological polar surface area (TPSA) is 212 Å². The summed E-state index contributed by atoms with van der Waals surface area (Å²) in [5.74, 6) is 10.7. The zero-order valence-electron chi connectivity index (χ0n) is 48.0. The fraction of sp³-hybridized carbons (Fsp3) is 0.614. The molecule has 13 heteroatoms. The van der Waals surface area contributed by atoms with Crippen LogP contribution in [0.15, 0.2) is 60.2 Å². The molecule has 7 heterocycles. The number of esters is 2. The SMILES string of the molecule is CC1(O)CNc2cc(cc(C3C#CC4CC(=O)Oc5c4cc(c(O)c5C4CCCCC4)CC4OC(=O)C(=CC(O)Cc5cccc(c5)CC5C(=O)CCC6C5CC5CCCCC5C46O)C3)c2)C(O)CC#CC2CCC3OC(CCC3C2)C1O. The summed E-state index contributed by atoms with van der Waals surface area (Å²) < 4.78 is 19.9. The van der Waals surface area contributed by atoms with E-state index in [1.54, 1.807) is 13.0 Å². The quantitative estimate of drug-likeness (QED) is 0.0725. The Bertz CT molecular complexity index is 3170. The van der Waals surface area contributed by atoms with Crippen molar-refractivity contribution in [2.75, 3.05) is 11.9 Å². The van der Waals surface area contributed by atoms with Gasteiger partial charge in [0.2, 0.25) is 0 Å². The van der Waals surface area contributed by atoms with E-state index in [-0.39, 0.29) is 104 Å². The molecular formula is C70H83NO12. The third-order valence-corrected chi connectivity index (χ3v) is 21.9. The van der Waals surface area contributed by atoms with E-state index in [2.05, 4.69) is 35.1 Å². The van der Waals surface area contributed by atoms with Crippen molar-refractivity contribution in [1.82, 2.24) is 0 Å². The molecule has 5 aliphatic carbocycles. The fourth-order valence-corrected chi connectivity index (χ4v) is 17.6. The number of fused-ring (bicyclic) bond motifs is 11. The number of carbonyl (C=O) groups excluding carboxylic acids is 3. The highest BCUT2D eigenvalue weighted by Crippen LogP contribution is 2.59. The lowest BCUT2D eigenvalue weighted by atomic mass is 9.48. The van der Waals surface area contributed by atoms with Crippen molar-refractivity contribution in [3.05, 3.63) is 99.1 Å². The molecule has 0 radical (unpaired) electrons. The maximum absolute atomic E-state index is 16.0. The van der Waals surface area contributed by atoms with Gasteiger partial charge in [-0.15, -0.1) is 0 Å². The molecule has 6 fully saturated rings. The molecule has 3 aromatic rings. The fourth-order valence-electron chi connectivity index (χ4n) is 17.6. The summed E-state index contributed by atoms with van der Waals surface area (Å²) in [4.78, 5) is 44.4. The number of carbonyl (C=O) groups is 3. The molecule has 7 aliphatic heterocycles. The van der Waals surface area contributed by atoms with Crippen LogP contribution in [-0.4, -0.2) is 96.6 Å². The van der Waals surface area contributed by atoms with Crippen LogP contribution in [0.1, 0.15) is 198 Å². The number of aliphatic hydroxyl groups excluding tert-OH is 3. The van der Waals surface area contributed by atoms with Gasteiger partial charge in [0, 0.05) is 72.4 Å². The number of phenolic OH excluding ortho intramolecular Hbond substituents is 1. The molecule has 0 amide bonds. The third-order valence-electron chi connectivity index (χ3n) is 21.9. The van der Waals surface area contributed by atoms with E-state index in [9.17, 15) is 40.2 Å². The Balaban J connectivity index is 0.991. The second-order valence-electron chi connectivity index (χ2n) is 27.2. The molecule has 440 valence electrons. The van der Waals surface area contributed by atoms with E-state index in [0.717, 1.165) is 94.6 Å². The van der Waals surface area contributed by atoms with Crippen LogP contribution in [0.5, 0.6) is 11.5 Å². The Morgan fingerprint density at radius 1 is 0.711 bits per heavy atom. The smallest absolute Gasteiger partial charge is 0.334 e. The van der Waals surface area contributed by atoms with Gasteiger partial charge in [-0.2, -0.15) is 0 Å². The lowest BCUT2D eigenvalue weighted by Crippen LogP contribution is -2.65. The van der Waals surface area contributed by atoms with Gasteiger partial charge >= 0.3 is 11.9 Å². The van der Waals surface area contributed by atoms with Crippen LogP contribution >= 0.6 is 0 Å². The number of anilines is 1. The molecule has 0 spiro atoms. The summed E-state index contributed by atoms with van der Waals surface area (Å²) in [5.41, 5.74) is 1.96. The monoisotopic (exact) mass is 1130 g/mol. The van der Waals surface area contributed by atoms with Crippen molar-refractivity contribution in [2.45, 2.75) is 220 Å². The molecule has 83 heavy (non-hydrogen) atoms. The Morgan fingerprint density at radius 2 is 1.48 bits per heavy atom. The highest BCUT2D eigenvalue weighted by molar-refractivity contribution is 5.89. The predicted molar refractivity (Wildman–Crippen MR) is 311 cm³/mol. The summed E-state index contributed by atoms with van der Waals surface area (Å²) in [5, 5.41) is 79.0. The standard InChI is InChI=1S/C70H83NO12/c1-69(79)38-71-51-31-47(30-48(32-51)58(73)16-8-9-39-17-23-60-46(26-39)20-24-61(81-60)67(69)77)43-18-19-44-37-63(75)83-66-53(44)35-49(65(76)64(66)42-12-3-2-4-13-42)36-62-70(80)56-15-6-5-14-45(56)34-54-55(59(74)22-21-57(54)70)28-41-11-7-10-40(25-41)27-52(72)33-50(29-43)68(78)82-62/h7,10-11,25,30-33,35,39,42-46,52,54-58,60-62,67,71-73,76-77,79-80H,2-6,12-17,20-24,26-29,34,36-38H2,1H3. The third kappa shape index (κ3) is 11.1. The van der Waals surface area contributed by atoms with Gasteiger partial charge in [-0.3, -0.25) is 9.59 Å². The zero-order valence-corrected chi connectivity index (χ0v) is 48.0. The predicted octanol–water partition coefficient (Wildman–Crippen LogP) is 9.64. The number of hydrogen-bond donors (Lipinski definition) is 7. The van der Waals surface area contributed by atoms with Crippen molar-refractivity contribution in [2.24, 2.45) is 41.4 Å². The number of Topliss-reactive ketones (excluding diaryl/α,β-unsaturated/α-hetero) is 1. The van der Waals surface area contributed by atoms with Gasteiger partial charge < -0.3 is 50.2 Å². The number of rotatable bonds is 2.